The standard InChI is InChI=1S/C14H17NO2/c1-5-9-10-13(7-3)17-14(16)12(6-2)11-15-8-4/h5-11H,1,4H2,2-3H3/b10-9-,12-6+,13-7+,15-11-. The number of esters is 1. The molecule has 0 amide bonds. The molecule has 3 heteroatoms. The van der Waals surface area contributed by atoms with E-state index in [1.54, 1.807) is 44.2 Å². The predicted molar refractivity (Wildman–Crippen MR) is 71.6 cm³/mol. The van der Waals surface area contributed by atoms with Gasteiger partial charge in [0.1, 0.15) is 5.76 Å². The van der Waals surface area contributed by atoms with Gasteiger partial charge in [0, 0.05) is 12.4 Å². The van der Waals surface area contributed by atoms with E-state index in [1.807, 2.05) is 0 Å². The molecule has 90 valence electrons. The van der Waals surface area contributed by atoms with Gasteiger partial charge in [-0.1, -0.05) is 31.4 Å². The van der Waals surface area contributed by atoms with Crippen molar-refractivity contribution in [3.05, 3.63) is 61.1 Å². The minimum Gasteiger partial charge on any atom is -0.423 e. The Kier molecular flexibility index (Phi) is 7.94. The van der Waals surface area contributed by atoms with Crippen LogP contribution in [0.25, 0.3) is 0 Å². The highest BCUT2D eigenvalue weighted by atomic mass is 16.5. The first-order chi connectivity index (χ1) is 8.19. The van der Waals surface area contributed by atoms with Crippen LogP contribution in [-0.2, 0) is 9.53 Å². The molecule has 0 fully saturated rings. The van der Waals surface area contributed by atoms with Crippen LogP contribution < -0.4 is 0 Å². The smallest absolute Gasteiger partial charge is 0.344 e. The fourth-order valence-electron chi connectivity index (χ4n) is 0.896. The molecule has 0 saturated carbocycles. The summed E-state index contributed by atoms with van der Waals surface area (Å²) in [4.78, 5) is 15.5. The van der Waals surface area contributed by atoms with Gasteiger partial charge in [-0.15, -0.1) is 0 Å². The summed E-state index contributed by atoms with van der Waals surface area (Å²) in [5, 5.41) is 0. The molecule has 3 nitrogen and oxygen atoms in total. The highest BCUT2D eigenvalue weighted by Gasteiger charge is 2.08. The predicted octanol–water partition coefficient (Wildman–Crippen LogP) is 3.34. The van der Waals surface area contributed by atoms with Crippen molar-refractivity contribution in [3.8, 4) is 0 Å². The average molecular weight is 231 g/mol. The number of carbonyl (C=O) groups is 1. The summed E-state index contributed by atoms with van der Waals surface area (Å²) in [6, 6.07) is 0. The van der Waals surface area contributed by atoms with Gasteiger partial charge in [0.2, 0.25) is 0 Å². The molecule has 0 N–H and O–H groups in total. The van der Waals surface area contributed by atoms with E-state index in [2.05, 4.69) is 18.2 Å². The van der Waals surface area contributed by atoms with E-state index in [4.69, 9.17) is 4.74 Å². The van der Waals surface area contributed by atoms with Gasteiger partial charge in [0.05, 0.1) is 5.57 Å². The number of carbonyl (C=O) groups excluding carboxylic acids is 1. The summed E-state index contributed by atoms with van der Waals surface area (Å²) >= 11 is 0. The van der Waals surface area contributed by atoms with Crippen molar-refractivity contribution in [1.29, 1.82) is 0 Å². The molecule has 0 unspecified atom stereocenters. The molecule has 0 heterocycles. The summed E-state index contributed by atoms with van der Waals surface area (Å²) in [6.45, 7) is 10.5. The molecule has 0 aliphatic heterocycles. The molecule has 0 spiro atoms. The highest BCUT2D eigenvalue weighted by molar-refractivity contribution is 6.09. The Morgan fingerprint density at radius 2 is 1.94 bits per heavy atom. The van der Waals surface area contributed by atoms with Crippen molar-refractivity contribution < 1.29 is 9.53 Å². The Labute approximate surface area is 102 Å². The normalized spacial score (nSPS) is 13.1. The Hall–Kier alpha value is -2.16. The second-order valence-corrected chi connectivity index (χ2v) is 2.88. The molecule has 0 aliphatic rings. The zero-order valence-corrected chi connectivity index (χ0v) is 10.2. The molecule has 0 aliphatic carbocycles. The fourth-order valence-corrected chi connectivity index (χ4v) is 0.896. The molecule has 0 aromatic carbocycles. The maximum Gasteiger partial charge on any atom is 0.344 e. The van der Waals surface area contributed by atoms with E-state index in [1.165, 1.54) is 12.4 Å². The van der Waals surface area contributed by atoms with Crippen molar-refractivity contribution in [1.82, 2.24) is 0 Å². The number of allylic oxidation sites excluding steroid dienone is 5. The molecule has 0 aromatic rings. The lowest BCUT2D eigenvalue weighted by Crippen LogP contribution is -2.07. The monoisotopic (exact) mass is 231 g/mol. The Bertz CT molecular complexity index is 398. The first kappa shape index (κ1) is 14.8. The largest absolute Gasteiger partial charge is 0.423 e. The van der Waals surface area contributed by atoms with Crippen LogP contribution in [0.3, 0.4) is 0 Å². The van der Waals surface area contributed by atoms with Gasteiger partial charge in [-0.05, 0) is 26.0 Å². The van der Waals surface area contributed by atoms with E-state index < -0.39 is 5.97 Å². The van der Waals surface area contributed by atoms with E-state index in [0.29, 0.717) is 11.3 Å². The third-order valence-electron chi connectivity index (χ3n) is 1.76. The summed E-state index contributed by atoms with van der Waals surface area (Å²) in [6.07, 6.45) is 11.0. The molecular formula is C14H17NO2. The van der Waals surface area contributed by atoms with E-state index in [9.17, 15) is 4.79 Å². The lowest BCUT2D eigenvalue weighted by molar-refractivity contribution is -0.133. The van der Waals surface area contributed by atoms with Crippen LogP contribution in [0.5, 0.6) is 0 Å². The average Bonchev–Trinajstić information content (AvgIpc) is 2.35. The van der Waals surface area contributed by atoms with Crippen LogP contribution in [0.15, 0.2) is 66.1 Å². The number of ether oxygens (including phenoxy) is 1. The zero-order valence-electron chi connectivity index (χ0n) is 10.2. The second-order valence-electron chi connectivity index (χ2n) is 2.88. The van der Waals surface area contributed by atoms with Crippen molar-refractivity contribution in [2.75, 3.05) is 0 Å². The van der Waals surface area contributed by atoms with Gasteiger partial charge in [-0.3, -0.25) is 4.99 Å². The molecule has 0 radical (unpaired) electrons. The van der Waals surface area contributed by atoms with Crippen LogP contribution in [0.4, 0.5) is 0 Å². The molecule has 0 atom stereocenters. The number of aliphatic imine (C=N–C) groups is 1. The van der Waals surface area contributed by atoms with E-state index >= 15 is 0 Å². The Balaban J connectivity index is 4.71. The van der Waals surface area contributed by atoms with Gasteiger partial charge in [0.25, 0.3) is 0 Å². The molecule has 0 aromatic heterocycles. The minimum atomic E-state index is -0.458. The number of nitrogens with zero attached hydrogens (tertiary/aromatic N) is 1. The minimum absolute atomic E-state index is 0.372. The van der Waals surface area contributed by atoms with Crippen molar-refractivity contribution >= 4 is 12.2 Å². The molecule has 0 saturated heterocycles. The molecule has 0 rings (SSSR count). The first-order valence-corrected chi connectivity index (χ1v) is 5.17. The molecule has 17 heavy (non-hydrogen) atoms. The molecular weight excluding hydrogens is 214 g/mol. The highest BCUT2D eigenvalue weighted by Crippen LogP contribution is 2.05. The van der Waals surface area contributed by atoms with Gasteiger partial charge < -0.3 is 4.74 Å². The van der Waals surface area contributed by atoms with Gasteiger partial charge >= 0.3 is 5.97 Å². The van der Waals surface area contributed by atoms with E-state index in [-0.39, 0.29) is 0 Å². The first-order valence-electron chi connectivity index (χ1n) is 5.17. The van der Waals surface area contributed by atoms with Gasteiger partial charge in [0.15, 0.2) is 0 Å². The summed E-state index contributed by atoms with van der Waals surface area (Å²) in [5.41, 5.74) is 0.372. The lowest BCUT2D eigenvalue weighted by atomic mass is 10.3. The van der Waals surface area contributed by atoms with Crippen LogP contribution in [-0.4, -0.2) is 12.2 Å². The zero-order chi connectivity index (χ0) is 13.1. The number of rotatable bonds is 6. The van der Waals surface area contributed by atoms with Gasteiger partial charge in [-0.25, -0.2) is 4.79 Å². The third-order valence-corrected chi connectivity index (χ3v) is 1.76. The summed E-state index contributed by atoms with van der Waals surface area (Å²) in [5.74, 6) is 0.00108. The van der Waals surface area contributed by atoms with Crippen molar-refractivity contribution in [2.24, 2.45) is 4.99 Å². The maximum atomic E-state index is 11.7. The quantitative estimate of drug-likeness (QED) is 0.231. The van der Waals surface area contributed by atoms with Crippen LogP contribution in [0.1, 0.15) is 13.8 Å². The third kappa shape index (κ3) is 6.10. The summed E-state index contributed by atoms with van der Waals surface area (Å²) < 4.78 is 5.15. The van der Waals surface area contributed by atoms with Crippen LogP contribution in [0, 0.1) is 0 Å². The molecule has 0 bridgehead atoms. The van der Waals surface area contributed by atoms with Crippen molar-refractivity contribution in [3.63, 3.8) is 0 Å². The summed E-state index contributed by atoms with van der Waals surface area (Å²) in [7, 11) is 0. The topological polar surface area (TPSA) is 38.7 Å². The van der Waals surface area contributed by atoms with Gasteiger partial charge in [-0.2, -0.15) is 0 Å². The van der Waals surface area contributed by atoms with Crippen molar-refractivity contribution in [2.45, 2.75) is 13.8 Å². The lowest BCUT2D eigenvalue weighted by Gasteiger charge is -2.04. The second kappa shape index (κ2) is 9.09. The van der Waals surface area contributed by atoms with Crippen LogP contribution >= 0.6 is 0 Å². The number of hydrogen-bond acceptors (Lipinski definition) is 3. The fraction of sp³-hybridized carbons (Fsp3) is 0.143. The maximum absolute atomic E-state index is 11.7. The van der Waals surface area contributed by atoms with E-state index in [0.717, 1.165) is 0 Å². The Morgan fingerprint density at radius 3 is 2.41 bits per heavy atom. The SMILES string of the molecule is C=C/C=C\C(=C/C)OC(=O)C(/C=N\C=C)=C/C. The Morgan fingerprint density at radius 1 is 1.24 bits per heavy atom. The van der Waals surface area contributed by atoms with Crippen LogP contribution in [0.2, 0.25) is 0 Å². The number of hydrogen-bond donors (Lipinski definition) is 0.